The number of piperidine rings is 1. The second kappa shape index (κ2) is 7.83. The van der Waals surface area contributed by atoms with Crippen LogP contribution in [0.5, 0.6) is 0 Å². The molecule has 3 atom stereocenters. The molecule has 2 aliphatic rings. The van der Waals surface area contributed by atoms with E-state index < -0.39 is 17.7 Å². The van der Waals surface area contributed by atoms with Gasteiger partial charge in [-0.3, -0.25) is 4.90 Å². The second-order valence-electron chi connectivity index (χ2n) is 7.57. The Labute approximate surface area is 161 Å². The molecule has 7 heteroatoms. The molecular formula is C21H22F3N3O. The molecule has 2 fully saturated rings. The number of benzene rings is 2. The van der Waals surface area contributed by atoms with Gasteiger partial charge in [0.2, 0.25) is 0 Å². The minimum absolute atomic E-state index is 0.00507. The Morgan fingerprint density at radius 3 is 2.25 bits per heavy atom. The number of halogens is 3. The number of carbonyl (C=O) groups excluding carboxylic acids is 1. The summed E-state index contributed by atoms with van der Waals surface area (Å²) in [5.41, 5.74) is 1.03. The fourth-order valence-corrected chi connectivity index (χ4v) is 4.39. The van der Waals surface area contributed by atoms with Gasteiger partial charge in [0.15, 0.2) is 0 Å². The lowest BCUT2D eigenvalue weighted by atomic mass is 9.96. The molecule has 4 rings (SSSR count). The Morgan fingerprint density at radius 1 is 0.964 bits per heavy atom. The lowest BCUT2D eigenvalue weighted by Gasteiger charge is -2.39. The quantitative estimate of drug-likeness (QED) is 0.813. The highest BCUT2D eigenvalue weighted by atomic mass is 19.1. The smallest absolute Gasteiger partial charge is 0.319 e. The molecule has 2 amide bonds. The van der Waals surface area contributed by atoms with Gasteiger partial charge in [0, 0.05) is 30.7 Å². The van der Waals surface area contributed by atoms with E-state index in [1.165, 1.54) is 18.2 Å². The van der Waals surface area contributed by atoms with Gasteiger partial charge in [0.25, 0.3) is 0 Å². The van der Waals surface area contributed by atoms with E-state index >= 15 is 0 Å². The summed E-state index contributed by atoms with van der Waals surface area (Å²) in [7, 11) is 0. The number of hydrogen-bond donors (Lipinski definition) is 2. The summed E-state index contributed by atoms with van der Waals surface area (Å²) in [6.07, 6.45) is 3.77. The number of urea groups is 1. The Morgan fingerprint density at radius 2 is 1.61 bits per heavy atom. The molecule has 0 saturated carbocycles. The van der Waals surface area contributed by atoms with Gasteiger partial charge in [-0.1, -0.05) is 12.1 Å². The van der Waals surface area contributed by atoms with Gasteiger partial charge in [-0.2, -0.15) is 0 Å². The SMILES string of the molecule is O=C(Nc1ccc(F)cc1F)NC1C[C@H]2CC[C@@H](C1)N2Cc1ccc(F)cc1. The molecule has 0 aromatic heterocycles. The predicted octanol–water partition coefficient (Wildman–Crippen LogP) is 4.42. The van der Waals surface area contributed by atoms with Crippen LogP contribution in [0.2, 0.25) is 0 Å². The molecule has 2 aromatic carbocycles. The summed E-state index contributed by atoms with van der Waals surface area (Å²) in [5.74, 6) is -1.73. The molecule has 1 unspecified atom stereocenters. The first kappa shape index (κ1) is 18.8. The van der Waals surface area contributed by atoms with Crippen molar-refractivity contribution < 1.29 is 18.0 Å². The van der Waals surface area contributed by atoms with Crippen LogP contribution < -0.4 is 10.6 Å². The molecular weight excluding hydrogens is 367 g/mol. The van der Waals surface area contributed by atoms with Crippen LogP contribution in [0.4, 0.5) is 23.7 Å². The average molecular weight is 389 g/mol. The van der Waals surface area contributed by atoms with Gasteiger partial charge in [0.05, 0.1) is 5.69 Å². The number of amides is 2. The number of nitrogens with one attached hydrogen (secondary N) is 2. The maximum absolute atomic E-state index is 13.7. The number of rotatable bonds is 4. The predicted molar refractivity (Wildman–Crippen MR) is 100 cm³/mol. The molecule has 0 spiro atoms. The van der Waals surface area contributed by atoms with Gasteiger partial charge < -0.3 is 10.6 Å². The number of carbonyl (C=O) groups is 1. The minimum atomic E-state index is -0.802. The highest BCUT2D eigenvalue weighted by molar-refractivity contribution is 5.89. The number of fused-ring (bicyclic) bond motifs is 2. The standard InChI is InChI=1S/C21H22F3N3O/c22-14-3-1-13(2-4-14)12-27-17-6-7-18(27)11-16(10-17)25-21(28)26-20-8-5-15(23)9-19(20)24/h1-5,8-9,16-18H,6-7,10-12H2,(H2,25,26,28)/t16?,17-,18+. The fourth-order valence-electron chi connectivity index (χ4n) is 4.39. The van der Waals surface area contributed by atoms with E-state index in [1.54, 1.807) is 0 Å². The molecule has 2 saturated heterocycles. The minimum Gasteiger partial charge on any atom is -0.335 e. The van der Waals surface area contributed by atoms with E-state index in [9.17, 15) is 18.0 Å². The van der Waals surface area contributed by atoms with Crippen molar-refractivity contribution >= 4 is 11.7 Å². The molecule has 28 heavy (non-hydrogen) atoms. The van der Waals surface area contributed by atoms with Gasteiger partial charge in [-0.25, -0.2) is 18.0 Å². The summed E-state index contributed by atoms with van der Waals surface area (Å²) in [4.78, 5) is 14.7. The molecule has 148 valence electrons. The highest BCUT2D eigenvalue weighted by Gasteiger charge is 2.40. The Bertz CT molecular complexity index is 844. The fraction of sp³-hybridized carbons (Fsp3) is 0.381. The molecule has 0 aliphatic carbocycles. The molecule has 2 heterocycles. The highest BCUT2D eigenvalue weighted by Crippen LogP contribution is 2.37. The van der Waals surface area contributed by atoms with Crippen molar-refractivity contribution in [1.29, 1.82) is 0 Å². The Kier molecular flexibility index (Phi) is 5.26. The van der Waals surface area contributed by atoms with Crippen LogP contribution in [0.15, 0.2) is 42.5 Å². The third-order valence-corrected chi connectivity index (χ3v) is 5.68. The maximum atomic E-state index is 13.7. The van der Waals surface area contributed by atoms with Crippen LogP contribution in [-0.4, -0.2) is 29.1 Å². The van der Waals surface area contributed by atoms with E-state index in [-0.39, 0.29) is 17.5 Å². The third-order valence-electron chi connectivity index (χ3n) is 5.68. The number of anilines is 1. The zero-order chi connectivity index (χ0) is 19.7. The summed E-state index contributed by atoms with van der Waals surface area (Å²) in [6, 6.07) is 9.86. The maximum Gasteiger partial charge on any atom is 0.319 e. The normalized spacial score (nSPS) is 24.2. The zero-order valence-electron chi connectivity index (χ0n) is 15.3. The Hall–Kier alpha value is -2.54. The van der Waals surface area contributed by atoms with Crippen molar-refractivity contribution in [1.82, 2.24) is 10.2 Å². The molecule has 2 aromatic rings. The van der Waals surface area contributed by atoms with Gasteiger partial charge >= 0.3 is 6.03 Å². The summed E-state index contributed by atoms with van der Waals surface area (Å²) >= 11 is 0. The second-order valence-corrected chi connectivity index (χ2v) is 7.57. The first-order valence-electron chi connectivity index (χ1n) is 9.50. The van der Waals surface area contributed by atoms with Crippen LogP contribution in [0, 0.1) is 17.5 Å². The third kappa shape index (κ3) is 4.14. The van der Waals surface area contributed by atoms with Crippen molar-refractivity contribution in [2.24, 2.45) is 0 Å². The van der Waals surface area contributed by atoms with Gasteiger partial charge in [-0.05, 0) is 55.5 Å². The first-order chi connectivity index (χ1) is 13.5. The lowest BCUT2D eigenvalue weighted by molar-refractivity contribution is 0.112. The summed E-state index contributed by atoms with van der Waals surface area (Å²) in [6.45, 7) is 0.773. The van der Waals surface area contributed by atoms with Gasteiger partial charge in [-0.15, -0.1) is 0 Å². The molecule has 0 radical (unpaired) electrons. The summed E-state index contributed by atoms with van der Waals surface area (Å²) < 4.78 is 39.8. The van der Waals surface area contributed by atoms with Crippen molar-refractivity contribution in [3.63, 3.8) is 0 Å². The topological polar surface area (TPSA) is 44.4 Å². The number of hydrogen-bond acceptors (Lipinski definition) is 2. The van der Waals surface area contributed by atoms with Crippen LogP contribution >= 0.6 is 0 Å². The van der Waals surface area contributed by atoms with E-state index in [0.717, 1.165) is 49.9 Å². The molecule has 2 bridgehead atoms. The van der Waals surface area contributed by atoms with Crippen LogP contribution in [0.1, 0.15) is 31.2 Å². The van der Waals surface area contributed by atoms with E-state index in [4.69, 9.17) is 0 Å². The molecule has 2 aliphatic heterocycles. The average Bonchev–Trinajstić information content (AvgIpc) is 2.88. The van der Waals surface area contributed by atoms with Crippen molar-refractivity contribution in [2.45, 2.75) is 50.4 Å². The van der Waals surface area contributed by atoms with Crippen LogP contribution in [-0.2, 0) is 6.54 Å². The first-order valence-corrected chi connectivity index (χ1v) is 9.50. The summed E-state index contributed by atoms with van der Waals surface area (Å²) in [5, 5.41) is 5.37. The lowest BCUT2D eigenvalue weighted by Crippen LogP contribution is -2.50. The van der Waals surface area contributed by atoms with Crippen LogP contribution in [0.25, 0.3) is 0 Å². The Balaban J connectivity index is 1.33. The zero-order valence-corrected chi connectivity index (χ0v) is 15.3. The number of nitrogens with zero attached hydrogens (tertiary/aromatic N) is 1. The van der Waals surface area contributed by atoms with Crippen LogP contribution in [0.3, 0.4) is 0 Å². The monoisotopic (exact) mass is 389 g/mol. The molecule has 4 nitrogen and oxygen atoms in total. The van der Waals surface area contributed by atoms with Crippen molar-refractivity contribution in [3.05, 3.63) is 65.5 Å². The van der Waals surface area contributed by atoms with Gasteiger partial charge in [0.1, 0.15) is 17.5 Å². The van der Waals surface area contributed by atoms with E-state index in [0.29, 0.717) is 12.1 Å². The molecule has 2 N–H and O–H groups in total. The van der Waals surface area contributed by atoms with E-state index in [1.807, 2.05) is 12.1 Å². The van der Waals surface area contributed by atoms with Crippen molar-refractivity contribution in [2.75, 3.05) is 5.32 Å². The van der Waals surface area contributed by atoms with E-state index in [2.05, 4.69) is 15.5 Å². The largest absolute Gasteiger partial charge is 0.335 e. The van der Waals surface area contributed by atoms with Crippen molar-refractivity contribution in [3.8, 4) is 0 Å².